The minimum atomic E-state index is -4.47. The number of nitrogens with zero attached hydrogens (tertiary/aromatic N) is 1. The summed E-state index contributed by atoms with van der Waals surface area (Å²) < 4.78 is 32.8. The molecular weight excluding hydrogens is 473 g/mol. The fourth-order valence-corrected chi connectivity index (χ4v) is 4.18. The van der Waals surface area contributed by atoms with E-state index < -0.39 is 24.6 Å². The molecule has 0 N–H and O–H groups in total. The van der Waals surface area contributed by atoms with E-state index in [1.165, 1.54) is 0 Å². The van der Waals surface area contributed by atoms with Gasteiger partial charge in [0.2, 0.25) is 0 Å². The number of likely N-dealkylation sites (N-methyl/N-ethyl adjacent to an activating group) is 1. The van der Waals surface area contributed by atoms with E-state index in [2.05, 4.69) is 13.8 Å². The SMILES string of the molecule is CCC(C)(CC(C)(C)C(=O)OCCCCCC(C)C)C(=O)OCCOP(=O)([O-])OCC[N+](C)(C)C. The summed E-state index contributed by atoms with van der Waals surface area (Å²) in [5.41, 5.74) is -1.80. The first kappa shape index (κ1) is 34.0. The lowest BCUT2D eigenvalue weighted by Gasteiger charge is -2.33. The summed E-state index contributed by atoms with van der Waals surface area (Å²) in [6.45, 7) is 11.8. The monoisotopic (exact) mass is 523 g/mol. The van der Waals surface area contributed by atoms with Crippen LogP contribution in [0.15, 0.2) is 0 Å². The number of hydrogen-bond acceptors (Lipinski definition) is 8. The lowest BCUT2D eigenvalue weighted by atomic mass is 9.72. The zero-order valence-electron chi connectivity index (χ0n) is 23.5. The summed E-state index contributed by atoms with van der Waals surface area (Å²) in [5, 5.41) is 0. The molecule has 0 saturated carbocycles. The molecule has 0 aliphatic carbocycles. The quantitative estimate of drug-likeness (QED) is 0.106. The van der Waals surface area contributed by atoms with Crippen LogP contribution in [0.25, 0.3) is 0 Å². The van der Waals surface area contributed by atoms with Gasteiger partial charge in [-0.3, -0.25) is 14.2 Å². The highest BCUT2D eigenvalue weighted by Gasteiger charge is 2.42. The largest absolute Gasteiger partial charge is 0.756 e. The lowest BCUT2D eigenvalue weighted by molar-refractivity contribution is -0.870. The molecule has 208 valence electrons. The Balaban J connectivity index is 4.56. The number of hydrogen-bond donors (Lipinski definition) is 0. The Hall–Kier alpha value is -0.990. The smallest absolute Gasteiger partial charge is 0.311 e. The van der Waals surface area contributed by atoms with Gasteiger partial charge in [0.05, 0.1) is 45.2 Å². The van der Waals surface area contributed by atoms with Gasteiger partial charge < -0.3 is 27.9 Å². The van der Waals surface area contributed by atoms with Crippen LogP contribution >= 0.6 is 7.82 Å². The van der Waals surface area contributed by atoms with Gasteiger partial charge in [-0.1, -0.05) is 40.0 Å². The van der Waals surface area contributed by atoms with Crippen molar-refractivity contribution in [1.82, 2.24) is 0 Å². The standard InChI is InChI=1S/C25H50NO8P/c1-10-25(6,20-24(4,5)22(27)31-16-13-11-12-14-21(2)3)23(28)32-18-19-34-35(29,30)33-17-15-26(7,8)9/h21H,10-20H2,1-9H3. The molecule has 10 heteroatoms. The van der Waals surface area contributed by atoms with Gasteiger partial charge in [-0.25, -0.2) is 0 Å². The van der Waals surface area contributed by atoms with Gasteiger partial charge in [0.1, 0.15) is 19.8 Å². The van der Waals surface area contributed by atoms with Crippen molar-refractivity contribution in [2.75, 3.05) is 54.1 Å². The average Bonchev–Trinajstić information content (AvgIpc) is 2.71. The summed E-state index contributed by atoms with van der Waals surface area (Å²) in [4.78, 5) is 37.3. The van der Waals surface area contributed by atoms with Gasteiger partial charge in [-0.05, 0) is 46.0 Å². The van der Waals surface area contributed by atoms with Crippen LogP contribution in [0.4, 0.5) is 0 Å². The maximum atomic E-state index is 12.8. The van der Waals surface area contributed by atoms with Gasteiger partial charge >= 0.3 is 11.9 Å². The summed E-state index contributed by atoms with van der Waals surface area (Å²) in [5.74, 6) is -0.175. The Kier molecular flexibility index (Phi) is 14.9. The predicted octanol–water partition coefficient (Wildman–Crippen LogP) is 4.33. The van der Waals surface area contributed by atoms with Gasteiger partial charge in [-0.15, -0.1) is 0 Å². The molecule has 0 amide bonds. The van der Waals surface area contributed by atoms with Crippen molar-refractivity contribution in [3.05, 3.63) is 0 Å². The molecule has 0 aromatic heterocycles. The van der Waals surface area contributed by atoms with Crippen molar-refractivity contribution >= 4 is 19.8 Å². The van der Waals surface area contributed by atoms with E-state index in [1.807, 2.05) is 28.1 Å². The molecule has 0 saturated heterocycles. The van der Waals surface area contributed by atoms with Crippen LogP contribution in [0, 0.1) is 16.7 Å². The molecular formula is C25H50NO8P. The molecule has 0 heterocycles. The van der Waals surface area contributed by atoms with E-state index in [4.69, 9.17) is 18.5 Å². The van der Waals surface area contributed by atoms with E-state index in [0.29, 0.717) is 30.0 Å². The number of phosphoric acid groups is 1. The second-order valence-corrected chi connectivity index (χ2v) is 13.0. The molecule has 0 spiro atoms. The van der Waals surface area contributed by atoms with Crippen LogP contribution in [0.1, 0.15) is 80.1 Å². The van der Waals surface area contributed by atoms with Crippen molar-refractivity contribution in [2.24, 2.45) is 16.7 Å². The van der Waals surface area contributed by atoms with Gasteiger partial charge in [-0.2, -0.15) is 0 Å². The molecule has 0 rings (SSSR count). The zero-order valence-corrected chi connectivity index (χ0v) is 24.4. The normalized spacial score (nSPS) is 16.0. The molecule has 0 aromatic rings. The fourth-order valence-electron chi connectivity index (χ4n) is 3.50. The number of esters is 2. The molecule has 2 atom stereocenters. The molecule has 0 bridgehead atoms. The number of carbonyl (C=O) groups is 2. The van der Waals surface area contributed by atoms with Crippen LogP contribution < -0.4 is 4.89 Å². The molecule has 0 aromatic carbocycles. The van der Waals surface area contributed by atoms with Crippen molar-refractivity contribution in [2.45, 2.75) is 80.1 Å². The fraction of sp³-hybridized carbons (Fsp3) is 0.920. The highest BCUT2D eigenvalue weighted by Crippen LogP contribution is 2.39. The van der Waals surface area contributed by atoms with E-state index >= 15 is 0 Å². The number of ether oxygens (including phenoxy) is 2. The highest BCUT2D eigenvalue weighted by molar-refractivity contribution is 7.45. The summed E-state index contributed by atoms with van der Waals surface area (Å²) in [6.07, 6.45) is 4.82. The van der Waals surface area contributed by atoms with Crippen molar-refractivity contribution < 1.29 is 42.1 Å². The minimum Gasteiger partial charge on any atom is -0.756 e. The molecule has 9 nitrogen and oxygen atoms in total. The second kappa shape index (κ2) is 15.3. The first-order chi connectivity index (χ1) is 15.9. The zero-order chi connectivity index (χ0) is 27.3. The molecule has 0 aliphatic rings. The van der Waals surface area contributed by atoms with Gasteiger partial charge in [0.25, 0.3) is 7.82 Å². The number of phosphoric ester groups is 1. The lowest BCUT2D eigenvalue weighted by Crippen LogP contribution is -2.39. The number of rotatable bonds is 19. The Bertz CT molecular complexity index is 689. The number of carbonyl (C=O) groups excluding carboxylic acids is 2. The predicted molar refractivity (Wildman–Crippen MR) is 134 cm³/mol. The van der Waals surface area contributed by atoms with Crippen molar-refractivity contribution in [3.8, 4) is 0 Å². The molecule has 2 unspecified atom stereocenters. The van der Waals surface area contributed by atoms with Crippen LogP contribution in [0.3, 0.4) is 0 Å². The highest BCUT2D eigenvalue weighted by atomic mass is 31.2. The first-order valence-electron chi connectivity index (χ1n) is 12.7. The topological polar surface area (TPSA) is 111 Å². The Morgan fingerprint density at radius 1 is 0.886 bits per heavy atom. The average molecular weight is 524 g/mol. The Morgan fingerprint density at radius 3 is 2.00 bits per heavy atom. The summed E-state index contributed by atoms with van der Waals surface area (Å²) in [6, 6.07) is 0. The Morgan fingerprint density at radius 2 is 1.46 bits per heavy atom. The van der Waals surface area contributed by atoms with Gasteiger partial charge in [0.15, 0.2) is 0 Å². The van der Waals surface area contributed by atoms with E-state index in [-0.39, 0.29) is 32.2 Å². The van der Waals surface area contributed by atoms with Crippen molar-refractivity contribution in [1.29, 1.82) is 0 Å². The second-order valence-electron chi connectivity index (χ2n) is 11.6. The molecule has 0 fully saturated rings. The van der Waals surface area contributed by atoms with Crippen LogP contribution in [-0.4, -0.2) is 70.5 Å². The Labute approximate surface area is 213 Å². The number of unbranched alkanes of at least 4 members (excludes halogenated alkanes) is 2. The van der Waals surface area contributed by atoms with Crippen LogP contribution in [0.2, 0.25) is 0 Å². The third kappa shape index (κ3) is 15.7. The summed E-state index contributed by atoms with van der Waals surface area (Å²) in [7, 11) is 1.28. The summed E-state index contributed by atoms with van der Waals surface area (Å²) >= 11 is 0. The van der Waals surface area contributed by atoms with E-state index in [9.17, 15) is 19.0 Å². The first-order valence-corrected chi connectivity index (χ1v) is 14.2. The molecule has 35 heavy (non-hydrogen) atoms. The maximum Gasteiger partial charge on any atom is 0.311 e. The molecule has 0 radical (unpaired) electrons. The third-order valence-electron chi connectivity index (χ3n) is 5.89. The number of quaternary nitrogens is 1. The third-order valence-corrected chi connectivity index (χ3v) is 6.89. The minimum absolute atomic E-state index is 0.00109. The molecule has 0 aliphatic heterocycles. The van der Waals surface area contributed by atoms with Crippen LogP contribution in [-0.2, 0) is 32.7 Å². The van der Waals surface area contributed by atoms with Gasteiger partial charge in [0, 0.05) is 0 Å². The van der Waals surface area contributed by atoms with Crippen LogP contribution in [0.5, 0.6) is 0 Å². The maximum absolute atomic E-state index is 12.8. The van der Waals surface area contributed by atoms with E-state index in [1.54, 1.807) is 20.8 Å². The van der Waals surface area contributed by atoms with E-state index in [0.717, 1.165) is 25.7 Å². The van der Waals surface area contributed by atoms with Crippen molar-refractivity contribution in [3.63, 3.8) is 0 Å².